The lowest BCUT2D eigenvalue weighted by molar-refractivity contribution is -0.173. The van der Waals surface area contributed by atoms with E-state index >= 15 is 0 Å². The van der Waals surface area contributed by atoms with Crippen LogP contribution >= 0.6 is 11.3 Å². The molecule has 0 aliphatic rings. The summed E-state index contributed by atoms with van der Waals surface area (Å²) in [5.41, 5.74) is 0.187. The first-order valence-electron chi connectivity index (χ1n) is 9.06. The van der Waals surface area contributed by atoms with Gasteiger partial charge >= 0.3 is 6.18 Å². The highest BCUT2D eigenvalue weighted by Crippen LogP contribution is 2.41. The molecule has 0 radical (unpaired) electrons. The minimum Gasteiger partial charge on any atom is -0.362 e. The maximum Gasteiger partial charge on any atom is 0.409 e. The molecular formula is C19H19F4N3O2S2. The van der Waals surface area contributed by atoms with E-state index in [-0.39, 0.29) is 10.5 Å². The first kappa shape index (κ1) is 22.4. The largest absolute Gasteiger partial charge is 0.409 e. The number of hydrogen-bond acceptors (Lipinski definition) is 5. The van der Waals surface area contributed by atoms with Gasteiger partial charge in [0, 0.05) is 13.1 Å². The van der Waals surface area contributed by atoms with Gasteiger partial charge in [0.25, 0.3) is 0 Å². The third-order valence-corrected chi connectivity index (χ3v) is 7.30. The summed E-state index contributed by atoms with van der Waals surface area (Å²) < 4.78 is 82.2. The summed E-state index contributed by atoms with van der Waals surface area (Å²) in [5.74, 6) is -0.710. The van der Waals surface area contributed by atoms with Crippen molar-refractivity contribution in [1.82, 2.24) is 9.29 Å². The van der Waals surface area contributed by atoms with E-state index in [1.165, 1.54) is 36.5 Å². The monoisotopic (exact) mass is 461 g/mol. The summed E-state index contributed by atoms with van der Waals surface area (Å²) >= 11 is 1.21. The highest BCUT2D eigenvalue weighted by Gasteiger charge is 2.48. The van der Waals surface area contributed by atoms with E-state index < -0.39 is 34.6 Å². The molecule has 1 N–H and O–H groups in total. The van der Waals surface area contributed by atoms with Crippen LogP contribution < -0.4 is 5.32 Å². The fourth-order valence-electron chi connectivity index (χ4n) is 3.08. The van der Waals surface area contributed by atoms with Crippen molar-refractivity contribution in [3.8, 4) is 0 Å². The molecule has 0 amide bonds. The number of thiazole rings is 1. The molecule has 1 heterocycles. The molecule has 0 saturated carbocycles. The number of sulfonamides is 1. The van der Waals surface area contributed by atoms with Crippen molar-refractivity contribution in [2.24, 2.45) is 0 Å². The van der Waals surface area contributed by atoms with Crippen molar-refractivity contribution >= 4 is 36.7 Å². The van der Waals surface area contributed by atoms with E-state index in [1.807, 2.05) is 6.92 Å². The second kappa shape index (κ2) is 8.48. The Hall–Kier alpha value is -2.24. The van der Waals surface area contributed by atoms with Gasteiger partial charge in [-0.1, -0.05) is 30.4 Å². The van der Waals surface area contributed by atoms with Gasteiger partial charge in [-0.2, -0.15) is 17.5 Å². The van der Waals surface area contributed by atoms with E-state index in [1.54, 1.807) is 0 Å². The van der Waals surface area contributed by atoms with E-state index in [9.17, 15) is 26.0 Å². The number of rotatable bonds is 7. The number of benzene rings is 2. The topological polar surface area (TPSA) is 62.3 Å². The van der Waals surface area contributed by atoms with Gasteiger partial charge in [-0.3, -0.25) is 0 Å². The van der Waals surface area contributed by atoms with E-state index in [0.29, 0.717) is 26.2 Å². The summed E-state index contributed by atoms with van der Waals surface area (Å²) in [6.45, 7) is 3.41. The molecule has 0 bridgehead atoms. The first-order chi connectivity index (χ1) is 14.1. The van der Waals surface area contributed by atoms with Crippen LogP contribution in [0.2, 0.25) is 0 Å². The van der Waals surface area contributed by atoms with Crippen LogP contribution in [0.3, 0.4) is 0 Å². The van der Waals surface area contributed by atoms with Crippen molar-refractivity contribution in [1.29, 1.82) is 0 Å². The minimum absolute atomic E-state index is 0.264. The van der Waals surface area contributed by atoms with Crippen molar-refractivity contribution < 1.29 is 26.0 Å². The molecular weight excluding hydrogens is 442 g/mol. The number of anilines is 1. The Morgan fingerprint density at radius 3 is 2.37 bits per heavy atom. The van der Waals surface area contributed by atoms with Gasteiger partial charge in [-0.15, -0.1) is 0 Å². The number of aromatic nitrogens is 1. The van der Waals surface area contributed by atoms with E-state index in [4.69, 9.17) is 0 Å². The predicted octanol–water partition coefficient (Wildman–Crippen LogP) is 5.18. The molecule has 2 aromatic carbocycles. The zero-order chi connectivity index (χ0) is 22.1. The van der Waals surface area contributed by atoms with Crippen LogP contribution in [-0.4, -0.2) is 37.0 Å². The zero-order valence-corrected chi connectivity index (χ0v) is 17.7. The van der Waals surface area contributed by atoms with Gasteiger partial charge in [0.2, 0.25) is 10.0 Å². The summed E-state index contributed by atoms with van der Waals surface area (Å²) in [6.07, 6.45) is -4.90. The van der Waals surface area contributed by atoms with Gasteiger partial charge in [0.1, 0.15) is 11.9 Å². The molecule has 0 saturated heterocycles. The van der Waals surface area contributed by atoms with Crippen LogP contribution in [0, 0.1) is 5.82 Å². The first-order valence-corrected chi connectivity index (χ1v) is 11.3. The van der Waals surface area contributed by atoms with Gasteiger partial charge in [-0.25, -0.2) is 17.8 Å². The number of nitrogens with one attached hydrogen (secondary N) is 1. The molecule has 3 rings (SSSR count). The predicted molar refractivity (Wildman–Crippen MR) is 109 cm³/mol. The van der Waals surface area contributed by atoms with Crippen LogP contribution in [-0.2, 0) is 10.0 Å². The fourth-order valence-corrected chi connectivity index (χ4v) is 5.77. The van der Waals surface area contributed by atoms with Crippen LogP contribution in [0.1, 0.15) is 25.5 Å². The Kier molecular flexibility index (Phi) is 6.34. The van der Waals surface area contributed by atoms with Crippen LogP contribution in [0.25, 0.3) is 10.2 Å². The normalized spacial score (nSPS) is 13.7. The molecule has 0 fully saturated rings. The lowest BCUT2D eigenvalue weighted by atomic mass is 10.1. The van der Waals surface area contributed by atoms with E-state index in [2.05, 4.69) is 10.3 Å². The second-order valence-electron chi connectivity index (χ2n) is 6.38. The fraction of sp³-hybridized carbons (Fsp3) is 0.316. The molecule has 5 nitrogen and oxygen atoms in total. The van der Waals surface area contributed by atoms with Crippen molar-refractivity contribution in [2.75, 3.05) is 18.4 Å². The quantitative estimate of drug-likeness (QED) is 0.493. The highest BCUT2D eigenvalue weighted by molar-refractivity contribution is 7.89. The Balaban J connectivity index is 2.08. The van der Waals surface area contributed by atoms with Gasteiger partial charge in [0.05, 0.1) is 15.1 Å². The van der Waals surface area contributed by atoms with E-state index in [0.717, 1.165) is 24.3 Å². The molecule has 1 atom stereocenters. The second-order valence-corrected chi connectivity index (χ2v) is 9.30. The van der Waals surface area contributed by atoms with Crippen molar-refractivity contribution in [3.63, 3.8) is 0 Å². The number of nitrogens with zero attached hydrogens (tertiary/aromatic N) is 2. The molecule has 0 spiro atoms. The van der Waals surface area contributed by atoms with Crippen LogP contribution in [0.15, 0.2) is 47.4 Å². The molecule has 0 aliphatic carbocycles. The summed E-state index contributed by atoms with van der Waals surface area (Å²) in [7, 11) is -4.51. The molecule has 1 unspecified atom stereocenters. The summed E-state index contributed by atoms with van der Waals surface area (Å²) in [4.78, 5) is 4.04. The van der Waals surface area contributed by atoms with Gasteiger partial charge in [0.15, 0.2) is 5.13 Å². The third-order valence-electron chi connectivity index (χ3n) is 4.39. The number of alkyl halides is 3. The standard InChI is InChI=1S/C19H19F4N3O2S2/c1-3-24-18-25-15-10-9-14(11-16(15)29-18)30(27,28)26(4-2)17(19(21,22)23)12-5-7-13(20)8-6-12/h5-11,17H,3-4H2,1-2H3,(H,24,25). The van der Waals surface area contributed by atoms with Gasteiger partial charge < -0.3 is 5.32 Å². The molecule has 30 heavy (non-hydrogen) atoms. The third kappa shape index (κ3) is 4.42. The average molecular weight is 462 g/mol. The smallest absolute Gasteiger partial charge is 0.362 e. The minimum atomic E-state index is -4.90. The number of fused-ring (bicyclic) bond motifs is 1. The lowest BCUT2D eigenvalue weighted by Gasteiger charge is -2.31. The van der Waals surface area contributed by atoms with Crippen LogP contribution in [0.5, 0.6) is 0 Å². The Morgan fingerprint density at radius 2 is 1.80 bits per heavy atom. The summed E-state index contributed by atoms with van der Waals surface area (Å²) in [5, 5.41) is 3.61. The zero-order valence-electron chi connectivity index (χ0n) is 16.1. The lowest BCUT2D eigenvalue weighted by Crippen LogP contribution is -2.42. The number of halogens is 4. The summed E-state index contributed by atoms with van der Waals surface area (Å²) in [6, 6.07) is 5.23. The Labute approximate surface area is 175 Å². The highest BCUT2D eigenvalue weighted by atomic mass is 32.2. The maximum absolute atomic E-state index is 13.9. The molecule has 1 aromatic heterocycles. The van der Waals surface area contributed by atoms with Gasteiger partial charge in [-0.05, 0) is 42.8 Å². The maximum atomic E-state index is 13.9. The Bertz CT molecular complexity index is 1130. The SMILES string of the molecule is CCNc1nc2ccc(S(=O)(=O)N(CC)C(c3ccc(F)cc3)C(F)(F)F)cc2s1. The Morgan fingerprint density at radius 1 is 1.13 bits per heavy atom. The van der Waals surface area contributed by atoms with Crippen LogP contribution in [0.4, 0.5) is 22.7 Å². The molecule has 162 valence electrons. The molecule has 0 aliphatic heterocycles. The van der Waals surface area contributed by atoms with Crippen molar-refractivity contribution in [3.05, 3.63) is 53.8 Å². The average Bonchev–Trinajstić information content (AvgIpc) is 3.07. The molecule has 11 heteroatoms. The number of hydrogen-bond donors (Lipinski definition) is 1. The molecule has 3 aromatic rings. The van der Waals surface area contributed by atoms with Crippen molar-refractivity contribution in [2.45, 2.75) is 31.0 Å².